The average Bonchev–Trinajstić information content (AvgIpc) is 2.64. The molecule has 6 heteroatoms. The number of ether oxygens (including phenoxy) is 2. The third-order valence-corrected chi connectivity index (χ3v) is 4.21. The number of nitrogens with one attached hydrogen (secondary N) is 2. The standard InChI is InChI=1S/C22H36N2O4/c1-16(2)11-19(12-17(3)4)28-15-21(25)24-20(14-27-5)22(26)23-13-18-9-7-6-8-10-18/h6-10,16-17,19-20H,11-15H2,1-5H3,(H,23,26)(H,24,25)/t20-/m1/s1. The molecule has 0 aromatic heterocycles. The third-order valence-electron chi connectivity index (χ3n) is 4.21. The van der Waals surface area contributed by atoms with Gasteiger partial charge in [0.1, 0.15) is 12.6 Å². The number of amides is 2. The molecule has 0 bridgehead atoms. The van der Waals surface area contributed by atoms with Crippen LogP contribution in [0.5, 0.6) is 0 Å². The molecule has 1 aromatic rings. The van der Waals surface area contributed by atoms with E-state index in [-0.39, 0.29) is 31.1 Å². The van der Waals surface area contributed by atoms with Gasteiger partial charge in [0.15, 0.2) is 0 Å². The van der Waals surface area contributed by atoms with Gasteiger partial charge in [0, 0.05) is 13.7 Å². The lowest BCUT2D eigenvalue weighted by molar-refractivity contribution is -0.134. The van der Waals surface area contributed by atoms with Crippen LogP contribution in [-0.4, -0.2) is 44.3 Å². The minimum Gasteiger partial charge on any atom is -0.382 e. The molecule has 1 aromatic carbocycles. The predicted molar refractivity (Wildman–Crippen MR) is 111 cm³/mol. The van der Waals surface area contributed by atoms with Crippen LogP contribution in [0.2, 0.25) is 0 Å². The van der Waals surface area contributed by atoms with Gasteiger partial charge in [-0.25, -0.2) is 0 Å². The zero-order chi connectivity index (χ0) is 20.9. The topological polar surface area (TPSA) is 76.7 Å². The molecular formula is C22H36N2O4. The lowest BCUT2D eigenvalue weighted by Gasteiger charge is -2.22. The Labute approximate surface area is 169 Å². The second kappa shape index (κ2) is 13.3. The molecule has 158 valence electrons. The van der Waals surface area contributed by atoms with Crippen molar-refractivity contribution in [2.45, 2.75) is 59.2 Å². The van der Waals surface area contributed by atoms with E-state index in [9.17, 15) is 9.59 Å². The molecule has 6 nitrogen and oxygen atoms in total. The van der Waals surface area contributed by atoms with Gasteiger partial charge in [-0.1, -0.05) is 58.0 Å². The summed E-state index contributed by atoms with van der Waals surface area (Å²) in [6.45, 7) is 9.01. The highest BCUT2D eigenvalue weighted by Crippen LogP contribution is 2.16. The van der Waals surface area contributed by atoms with E-state index in [0.29, 0.717) is 18.4 Å². The number of benzene rings is 1. The Morgan fingerprint density at radius 2 is 1.61 bits per heavy atom. The van der Waals surface area contributed by atoms with E-state index in [4.69, 9.17) is 9.47 Å². The molecular weight excluding hydrogens is 356 g/mol. The van der Waals surface area contributed by atoms with E-state index in [1.807, 2.05) is 30.3 Å². The van der Waals surface area contributed by atoms with E-state index >= 15 is 0 Å². The molecule has 28 heavy (non-hydrogen) atoms. The molecule has 0 unspecified atom stereocenters. The van der Waals surface area contributed by atoms with Gasteiger partial charge in [-0.15, -0.1) is 0 Å². The second-order valence-corrected chi connectivity index (χ2v) is 7.97. The molecule has 0 aliphatic rings. The molecule has 1 atom stereocenters. The molecule has 0 heterocycles. The fraction of sp³-hybridized carbons (Fsp3) is 0.636. The molecule has 0 saturated carbocycles. The van der Waals surface area contributed by atoms with Crippen molar-refractivity contribution in [2.75, 3.05) is 20.3 Å². The molecule has 0 radical (unpaired) electrons. The van der Waals surface area contributed by atoms with Gasteiger partial charge in [-0.2, -0.15) is 0 Å². The highest BCUT2D eigenvalue weighted by Gasteiger charge is 2.22. The first-order valence-corrected chi connectivity index (χ1v) is 10.0. The molecule has 0 spiro atoms. The number of hydrogen-bond acceptors (Lipinski definition) is 4. The Bertz CT molecular complexity index is 565. The smallest absolute Gasteiger partial charge is 0.246 e. The molecule has 0 aliphatic carbocycles. The SMILES string of the molecule is COC[C@@H](NC(=O)COC(CC(C)C)CC(C)C)C(=O)NCc1ccccc1. The lowest BCUT2D eigenvalue weighted by Crippen LogP contribution is -2.50. The monoisotopic (exact) mass is 392 g/mol. The molecule has 2 amide bonds. The first kappa shape index (κ1) is 24.1. The summed E-state index contributed by atoms with van der Waals surface area (Å²) in [4.78, 5) is 24.7. The summed E-state index contributed by atoms with van der Waals surface area (Å²) < 4.78 is 10.9. The number of hydrogen-bond donors (Lipinski definition) is 2. The largest absolute Gasteiger partial charge is 0.382 e. The van der Waals surface area contributed by atoms with Crippen LogP contribution in [0.15, 0.2) is 30.3 Å². The summed E-state index contributed by atoms with van der Waals surface area (Å²) in [6.07, 6.45) is 1.85. The first-order chi connectivity index (χ1) is 13.3. The predicted octanol–water partition coefficient (Wildman–Crippen LogP) is 2.91. The van der Waals surface area contributed by atoms with E-state index in [1.54, 1.807) is 0 Å². The van der Waals surface area contributed by atoms with E-state index in [2.05, 4.69) is 38.3 Å². The van der Waals surface area contributed by atoms with Gasteiger partial charge < -0.3 is 20.1 Å². The van der Waals surface area contributed by atoms with Crippen LogP contribution < -0.4 is 10.6 Å². The van der Waals surface area contributed by atoms with Crippen LogP contribution in [0, 0.1) is 11.8 Å². The number of carbonyl (C=O) groups is 2. The van der Waals surface area contributed by atoms with Crippen LogP contribution in [0.25, 0.3) is 0 Å². The van der Waals surface area contributed by atoms with Crippen molar-refractivity contribution in [3.63, 3.8) is 0 Å². The summed E-state index contributed by atoms with van der Waals surface area (Å²) >= 11 is 0. The molecule has 0 aliphatic heterocycles. The first-order valence-electron chi connectivity index (χ1n) is 10.0. The van der Waals surface area contributed by atoms with Crippen molar-refractivity contribution in [1.29, 1.82) is 0 Å². The van der Waals surface area contributed by atoms with Crippen LogP contribution in [0.4, 0.5) is 0 Å². The van der Waals surface area contributed by atoms with Crippen molar-refractivity contribution in [3.05, 3.63) is 35.9 Å². The zero-order valence-electron chi connectivity index (χ0n) is 17.9. The van der Waals surface area contributed by atoms with Crippen LogP contribution in [0.3, 0.4) is 0 Å². The number of carbonyl (C=O) groups excluding carboxylic acids is 2. The Morgan fingerprint density at radius 1 is 1.00 bits per heavy atom. The maximum atomic E-state index is 12.4. The molecule has 0 saturated heterocycles. The summed E-state index contributed by atoms with van der Waals surface area (Å²) in [6, 6.07) is 8.86. The van der Waals surface area contributed by atoms with Gasteiger partial charge in [0.25, 0.3) is 0 Å². The van der Waals surface area contributed by atoms with Crippen LogP contribution >= 0.6 is 0 Å². The summed E-state index contributed by atoms with van der Waals surface area (Å²) in [7, 11) is 1.50. The van der Waals surface area contributed by atoms with Crippen molar-refractivity contribution in [3.8, 4) is 0 Å². The minimum absolute atomic E-state index is 0.0403. The summed E-state index contributed by atoms with van der Waals surface area (Å²) in [5.74, 6) is 0.406. The fourth-order valence-corrected chi connectivity index (χ4v) is 2.97. The Kier molecular flexibility index (Phi) is 11.4. The van der Waals surface area contributed by atoms with Gasteiger partial charge in [-0.3, -0.25) is 9.59 Å². The summed E-state index contributed by atoms with van der Waals surface area (Å²) in [5, 5.41) is 5.55. The quantitative estimate of drug-likeness (QED) is 0.541. The van der Waals surface area contributed by atoms with Gasteiger partial charge in [0.2, 0.25) is 11.8 Å². The van der Waals surface area contributed by atoms with Crippen LogP contribution in [-0.2, 0) is 25.6 Å². The second-order valence-electron chi connectivity index (χ2n) is 7.97. The highest BCUT2D eigenvalue weighted by molar-refractivity contribution is 5.88. The van der Waals surface area contributed by atoms with Crippen molar-refractivity contribution in [1.82, 2.24) is 10.6 Å². The maximum Gasteiger partial charge on any atom is 0.246 e. The molecule has 2 N–H and O–H groups in total. The van der Waals surface area contributed by atoms with Crippen molar-refractivity contribution < 1.29 is 19.1 Å². The number of methoxy groups -OCH3 is 1. The van der Waals surface area contributed by atoms with Gasteiger partial charge >= 0.3 is 0 Å². The van der Waals surface area contributed by atoms with Crippen molar-refractivity contribution >= 4 is 11.8 Å². The Hall–Kier alpha value is -1.92. The maximum absolute atomic E-state index is 12.4. The fourth-order valence-electron chi connectivity index (χ4n) is 2.97. The normalized spacial score (nSPS) is 12.4. The minimum atomic E-state index is -0.751. The van der Waals surface area contributed by atoms with E-state index in [1.165, 1.54) is 7.11 Å². The molecule has 1 rings (SSSR count). The van der Waals surface area contributed by atoms with Gasteiger partial charge in [0.05, 0.1) is 12.7 Å². The van der Waals surface area contributed by atoms with Crippen LogP contribution in [0.1, 0.15) is 46.1 Å². The van der Waals surface area contributed by atoms with E-state index < -0.39 is 6.04 Å². The zero-order valence-corrected chi connectivity index (χ0v) is 17.9. The molecule has 0 fully saturated rings. The average molecular weight is 393 g/mol. The van der Waals surface area contributed by atoms with E-state index in [0.717, 1.165) is 18.4 Å². The Balaban J connectivity index is 2.51. The van der Waals surface area contributed by atoms with Gasteiger partial charge in [-0.05, 0) is 30.2 Å². The number of rotatable bonds is 13. The van der Waals surface area contributed by atoms with Crippen molar-refractivity contribution in [2.24, 2.45) is 11.8 Å². The third kappa shape index (κ3) is 10.4. The highest BCUT2D eigenvalue weighted by atomic mass is 16.5. The Morgan fingerprint density at radius 3 is 2.14 bits per heavy atom. The lowest BCUT2D eigenvalue weighted by atomic mass is 9.98. The summed E-state index contributed by atoms with van der Waals surface area (Å²) in [5.41, 5.74) is 0.992.